The predicted octanol–water partition coefficient (Wildman–Crippen LogP) is 16.0. The summed E-state index contributed by atoms with van der Waals surface area (Å²) < 4.78 is 33.5. The highest BCUT2D eigenvalue weighted by Crippen LogP contribution is 2.43. The first-order valence-corrected chi connectivity index (χ1v) is 28.5. The second kappa shape index (κ2) is 50.1. The molecule has 0 fully saturated rings. The van der Waals surface area contributed by atoms with Gasteiger partial charge in [-0.15, -0.1) is 0 Å². The van der Waals surface area contributed by atoms with Crippen LogP contribution in [0.1, 0.15) is 258 Å². The van der Waals surface area contributed by atoms with Crippen molar-refractivity contribution in [3.63, 3.8) is 0 Å². The van der Waals surface area contributed by atoms with E-state index >= 15 is 0 Å². The lowest BCUT2D eigenvalue weighted by Gasteiger charge is -2.20. The monoisotopic (exact) mass is 940 g/mol. The normalized spacial score (nSPS) is 13.9. The van der Waals surface area contributed by atoms with Gasteiger partial charge in [-0.1, -0.05) is 237 Å². The molecule has 0 bridgehead atoms. The maximum atomic E-state index is 12.7. The molecule has 0 amide bonds. The first kappa shape index (κ1) is 63.2. The Hall–Kier alpha value is -1.81. The van der Waals surface area contributed by atoms with E-state index in [-0.39, 0.29) is 13.0 Å². The summed E-state index contributed by atoms with van der Waals surface area (Å²) in [6.45, 7) is 3.89. The molecule has 0 aliphatic heterocycles. The Morgan fingerprint density at radius 1 is 0.492 bits per heavy atom. The Morgan fingerprint density at radius 3 is 1.29 bits per heavy atom. The van der Waals surface area contributed by atoms with Crippen LogP contribution in [0.25, 0.3) is 0 Å². The van der Waals surface area contributed by atoms with Crippen LogP contribution in [-0.4, -0.2) is 60.5 Å². The number of esters is 1. The van der Waals surface area contributed by atoms with Gasteiger partial charge in [-0.2, -0.15) is 0 Å². The maximum Gasteiger partial charge on any atom is 0.472 e. The molecule has 0 rings (SSSR count). The van der Waals surface area contributed by atoms with Crippen LogP contribution >= 0.6 is 7.82 Å². The molecule has 0 aromatic carbocycles. The number of phosphoric acid groups is 1. The minimum atomic E-state index is -4.63. The van der Waals surface area contributed by atoms with Crippen LogP contribution in [0.15, 0.2) is 36.5 Å². The van der Waals surface area contributed by atoms with E-state index in [4.69, 9.17) is 29.4 Å². The molecule has 4 N–H and O–H groups in total. The van der Waals surface area contributed by atoms with Crippen molar-refractivity contribution in [1.29, 1.82) is 0 Å². The Labute approximate surface area is 399 Å². The average Bonchev–Trinajstić information content (AvgIpc) is 3.29. The summed E-state index contributed by atoms with van der Waals surface area (Å²) in [7, 11) is -4.63. The molecule has 65 heavy (non-hydrogen) atoms. The highest BCUT2D eigenvalue weighted by Gasteiger charge is 2.27. The number of carbonyl (C=O) groups is 2. The second-order valence-corrected chi connectivity index (χ2v) is 19.8. The number of aliphatic carboxylic acids is 1. The van der Waals surface area contributed by atoms with Crippen LogP contribution in [0.4, 0.5) is 0 Å². The number of carboxylic acids is 1. The molecule has 0 heterocycles. The molecule has 0 saturated carbocycles. The zero-order chi connectivity index (χ0) is 47.6. The van der Waals surface area contributed by atoms with Crippen LogP contribution in [0.5, 0.6) is 0 Å². The van der Waals surface area contributed by atoms with Gasteiger partial charge in [0, 0.05) is 13.0 Å². The van der Waals surface area contributed by atoms with Gasteiger partial charge in [0.2, 0.25) is 0 Å². The molecule has 11 heteroatoms. The first-order valence-electron chi connectivity index (χ1n) is 27.0. The molecule has 3 atom stereocenters. The summed E-state index contributed by atoms with van der Waals surface area (Å²) in [6.07, 6.45) is 59.2. The van der Waals surface area contributed by atoms with Crippen LogP contribution in [0.2, 0.25) is 0 Å². The van der Waals surface area contributed by atoms with Crippen LogP contribution in [0.3, 0.4) is 0 Å². The summed E-state index contributed by atoms with van der Waals surface area (Å²) in [5, 5.41) is 8.94. The average molecular weight is 940 g/mol. The summed E-state index contributed by atoms with van der Waals surface area (Å²) in [5.74, 6) is -1.78. The number of hydrogen-bond acceptors (Lipinski definition) is 8. The fraction of sp³-hybridized carbons (Fsp3) is 0.852. The van der Waals surface area contributed by atoms with Crippen LogP contribution in [-0.2, 0) is 32.7 Å². The van der Waals surface area contributed by atoms with Crippen molar-refractivity contribution >= 4 is 19.8 Å². The maximum absolute atomic E-state index is 12.7. The van der Waals surface area contributed by atoms with Gasteiger partial charge >= 0.3 is 19.8 Å². The highest BCUT2D eigenvalue weighted by molar-refractivity contribution is 7.47. The number of ether oxygens (including phenoxy) is 2. The van der Waals surface area contributed by atoms with Gasteiger partial charge in [0.25, 0.3) is 0 Å². The van der Waals surface area contributed by atoms with E-state index in [1.165, 1.54) is 161 Å². The molecule has 10 nitrogen and oxygen atoms in total. The highest BCUT2D eigenvalue weighted by atomic mass is 31.2. The van der Waals surface area contributed by atoms with Crippen molar-refractivity contribution in [2.75, 3.05) is 26.4 Å². The van der Waals surface area contributed by atoms with Gasteiger partial charge < -0.3 is 25.2 Å². The Balaban J connectivity index is 4.09. The summed E-state index contributed by atoms with van der Waals surface area (Å²) >= 11 is 0. The lowest BCUT2D eigenvalue weighted by Crippen LogP contribution is -2.34. The first-order chi connectivity index (χ1) is 31.7. The van der Waals surface area contributed by atoms with E-state index in [1.807, 2.05) is 0 Å². The smallest absolute Gasteiger partial charge is 0.472 e. The van der Waals surface area contributed by atoms with E-state index in [0.29, 0.717) is 13.0 Å². The largest absolute Gasteiger partial charge is 0.480 e. The van der Waals surface area contributed by atoms with Crippen molar-refractivity contribution in [2.45, 2.75) is 270 Å². The number of nitrogens with two attached hydrogens (primary N) is 1. The quantitative estimate of drug-likeness (QED) is 0.0232. The number of carbonyl (C=O) groups excluding carboxylic acids is 1. The molecular formula is C54H102NO9P. The SMILES string of the molecule is CCCCC/C=C\C/C=C\C/C=C\CCCCCCCCC(=O)OC(COCCCCCCCCCCCCCCCCCCCCCCCCCC)COP(=O)(O)OCC(N)C(=O)O. The van der Waals surface area contributed by atoms with Gasteiger partial charge in [0.1, 0.15) is 12.1 Å². The van der Waals surface area contributed by atoms with Crippen molar-refractivity contribution in [3.8, 4) is 0 Å². The lowest BCUT2D eigenvalue weighted by molar-refractivity contribution is -0.154. The number of allylic oxidation sites excluding steroid dienone is 6. The van der Waals surface area contributed by atoms with Crippen molar-refractivity contribution < 1.29 is 42.7 Å². The molecule has 0 saturated heterocycles. The van der Waals surface area contributed by atoms with E-state index in [9.17, 15) is 19.0 Å². The van der Waals surface area contributed by atoms with E-state index in [0.717, 1.165) is 70.6 Å². The van der Waals surface area contributed by atoms with E-state index < -0.39 is 45.1 Å². The zero-order valence-corrected chi connectivity index (χ0v) is 43.0. The van der Waals surface area contributed by atoms with Crippen LogP contribution in [0, 0.1) is 0 Å². The van der Waals surface area contributed by atoms with Crippen LogP contribution < -0.4 is 5.73 Å². The summed E-state index contributed by atoms with van der Waals surface area (Å²) in [6, 6.07) is -1.48. The van der Waals surface area contributed by atoms with Crippen molar-refractivity contribution in [3.05, 3.63) is 36.5 Å². The van der Waals surface area contributed by atoms with E-state index in [2.05, 4.69) is 50.3 Å². The third-order valence-electron chi connectivity index (χ3n) is 11.9. The molecule has 0 aromatic heterocycles. The molecule has 3 unspecified atom stereocenters. The van der Waals surface area contributed by atoms with Gasteiger partial charge in [-0.3, -0.25) is 18.6 Å². The molecule has 382 valence electrons. The Kier molecular flexibility index (Phi) is 48.7. The topological polar surface area (TPSA) is 155 Å². The van der Waals surface area contributed by atoms with Gasteiger partial charge in [-0.05, 0) is 51.4 Å². The lowest BCUT2D eigenvalue weighted by atomic mass is 10.0. The number of unbranched alkanes of at least 4 members (excludes halogenated alkanes) is 32. The molecule has 0 radical (unpaired) electrons. The third-order valence-corrected chi connectivity index (χ3v) is 12.9. The van der Waals surface area contributed by atoms with E-state index in [1.54, 1.807) is 0 Å². The second-order valence-electron chi connectivity index (χ2n) is 18.4. The van der Waals surface area contributed by atoms with Gasteiger partial charge in [0.05, 0.1) is 19.8 Å². The Morgan fingerprint density at radius 2 is 0.846 bits per heavy atom. The molecule has 0 aliphatic rings. The van der Waals surface area contributed by atoms with Gasteiger partial charge in [-0.25, -0.2) is 4.57 Å². The molecule has 0 spiro atoms. The predicted molar refractivity (Wildman–Crippen MR) is 272 cm³/mol. The van der Waals surface area contributed by atoms with Gasteiger partial charge in [0.15, 0.2) is 0 Å². The number of hydrogen-bond donors (Lipinski definition) is 3. The minimum Gasteiger partial charge on any atom is -0.480 e. The number of phosphoric ester groups is 1. The summed E-state index contributed by atoms with van der Waals surface area (Å²) in [4.78, 5) is 33.7. The molecule has 0 aliphatic carbocycles. The fourth-order valence-corrected chi connectivity index (χ4v) is 8.51. The fourth-order valence-electron chi connectivity index (χ4n) is 7.73. The third kappa shape index (κ3) is 49.9. The van der Waals surface area contributed by atoms with Crippen molar-refractivity contribution in [1.82, 2.24) is 0 Å². The zero-order valence-electron chi connectivity index (χ0n) is 42.1. The summed E-state index contributed by atoms with van der Waals surface area (Å²) in [5.41, 5.74) is 5.38. The minimum absolute atomic E-state index is 0.0149. The Bertz CT molecular complexity index is 1180. The molecular weight excluding hydrogens is 838 g/mol. The standard InChI is InChI=1S/C54H102NO9P/c1-3-5-7-9-11-13-15-17-19-21-23-24-25-26-27-29-31-33-35-37-39-41-43-45-47-61-48-51(49-62-65(59,60)63-50-52(55)54(57)58)64-53(56)46-44-42-40-38-36-34-32-30-28-22-20-18-16-14-12-10-8-6-4-2/h12,14,18,20,28,30,51-52H,3-11,13,15-17,19,21-27,29,31-50,55H2,1-2H3,(H,57,58)(H,59,60)/b14-12-,20-18-,30-28-. The number of rotatable bonds is 52. The molecule has 0 aromatic rings. The number of carboxylic acid groups (broad SMARTS) is 1. The van der Waals surface area contributed by atoms with Crippen molar-refractivity contribution in [2.24, 2.45) is 5.73 Å².